The zero-order valence-electron chi connectivity index (χ0n) is 7.36. The molecule has 0 aromatic rings. The van der Waals surface area contributed by atoms with Crippen LogP contribution in [-0.4, -0.2) is 5.38 Å². The lowest BCUT2D eigenvalue weighted by atomic mass is 10.0. The predicted octanol–water partition coefficient (Wildman–Crippen LogP) is 3.83. The minimum absolute atomic E-state index is 0.416. The van der Waals surface area contributed by atoms with Crippen molar-refractivity contribution in [2.75, 3.05) is 0 Å². The summed E-state index contributed by atoms with van der Waals surface area (Å²) < 4.78 is 0. The highest BCUT2D eigenvalue weighted by Gasteiger charge is 2.01. The molecule has 10 heavy (non-hydrogen) atoms. The van der Waals surface area contributed by atoms with E-state index in [9.17, 15) is 0 Å². The van der Waals surface area contributed by atoms with Gasteiger partial charge in [-0.25, -0.2) is 0 Å². The van der Waals surface area contributed by atoms with E-state index in [-0.39, 0.29) is 0 Å². The summed E-state index contributed by atoms with van der Waals surface area (Å²) >= 11 is 5.95. The second-order valence-electron chi connectivity index (χ2n) is 3.33. The van der Waals surface area contributed by atoms with Crippen molar-refractivity contribution in [3.63, 3.8) is 0 Å². The fraction of sp³-hybridized carbons (Fsp3) is 1.00. The SMILES string of the molecule is CCC(Cl)CCCC(C)C. The van der Waals surface area contributed by atoms with Gasteiger partial charge in [-0.3, -0.25) is 0 Å². The average molecular weight is 163 g/mol. The van der Waals surface area contributed by atoms with E-state index in [1.807, 2.05) is 0 Å². The van der Waals surface area contributed by atoms with Crippen LogP contribution < -0.4 is 0 Å². The molecule has 0 aliphatic rings. The summed E-state index contributed by atoms with van der Waals surface area (Å²) in [4.78, 5) is 0. The first-order valence-electron chi connectivity index (χ1n) is 4.30. The van der Waals surface area contributed by atoms with Crippen molar-refractivity contribution in [2.45, 2.75) is 51.8 Å². The molecule has 62 valence electrons. The van der Waals surface area contributed by atoms with Crippen molar-refractivity contribution in [3.05, 3.63) is 0 Å². The van der Waals surface area contributed by atoms with Gasteiger partial charge in [-0.2, -0.15) is 0 Å². The van der Waals surface area contributed by atoms with Crippen LogP contribution in [0.2, 0.25) is 0 Å². The quantitative estimate of drug-likeness (QED) is 0.539. The Labute approximate surface area is 70.0 Å². The Morgan fingerprint density at radius 2 is 1.80 bits per heavy atom. The highest BCUT2D eigenvalue weighted by molar-refractivity contribution is 6.20. The maximum absolute atomic E-state index is 5.95. The maximum Gasteiger partial charge on any atom is 0.0333 e. The molecule has 0 N–H and O–H groups in total. The Balaban J connectivity index is 3.03. The van der Waals surface area contributed by atoms with Crippen molar-refractivity contribution in [3.8, 4) is 0 Å². The van der Waals surface area contributed by atoms with Crippen LogP contribution in [0.4, 0.5) is 0 Å². The molecule has 0 aliphatic carbocycles. The van der Waals surface area contributed by atoms with E-state index in [1.54, 1.807) is 0 Å². The first-order chi connectivity index (χ1) is 4.66. The molecule has 0 amide bonds. The third kappa shape index (κ3) is 6.41. The molecule has 0 aromatic heterocycles. The van der Waals surface area contributed by atoms with Crippen molar-refractivity contribution in [1.29, 1.82) is 0 Å². The van der Waals surface area contributed by atoms with Crippen LogP contribution in [0.15, 0.2) is 0 Å². The lowest BCUT2D eigenvalue weighted by Crippen LogP contribution is -1.97. The van der Waals surface area contributed by atoms with Crippen molar-refractivity contribution >= 4 is 11.6 Å². The lowest BCUT2D eigenvalue weighted by Gasteiger charge is -2.06. The molecular weight excluding hydrogens is 144 g/mol. The Morgan fingerprint density at radius 1 is 1.20 bits per heavy atom. The summed E-state index contributed by atoms with van der Waals surface area (Å²) in [5.74, 6) is 0.834. The van der Waals surface area contributed by atoms with E-state index in [0.717, 1.165) is 12.3 Å². The van der Waals surface area contributed by atoms with E-state index in [1.165, 1.54) is 19.3 Å². The summed E-state index contributed by atoms with van der Waals surface area (Å²) in [6.07, 6.45) is 4.92. The van der Waals surface area contributed by atoms with Crippen LogP contribution in [0.5, 0.6) is 0 Å². The zero-order chi connectivity index (χ0) is 7.98. The van der Waals surface area contributed by atoms with Crippen LogP contribution in [0.3, 0.4) is 0 Å². The minimum Gasteiger partial charge on any atom is -0.123 e. The Kier molecular flexibility index (Phi) is 6.20. The van der Waals surface area contributed by atoms with Gasteiger partial charge in [-0.1, -0.05) is 33.6 Å². The van der Waals surface area contributed by atoms with Gasteiger partial charge in [0, 0.05) is 5.38 Å². The van der Waals surface area contributed by atoms with Crippen LogP contribution >= 0.6 is 11.6 Å². The molecular formula is C9H19Cl. The van der Waals surface area contributed by atoms with Gasteiger partial charge >= 0.3 is 0 Å². The van der Waals surface area contributed by atoms with Gasteiger partial charge in [0.2, 0.25) is 0 Å². The molecule has 0 rings (SSSR count). The zero-order valence-corrected chi connectivity index (χ0v) is 8.12. The van der Waals surface area contributed by atoms with E-state index in [4.69, 9.17) is 11.6 Å². The van der Waals surface area contributed by atoms with Crippen molar-refractivity contribution in [1.82, 2.24) is 0 Å². The Hall–Kier alpha value is 0.290. The summed E-state index contributed by atoms with van der Waals surface area (Å²) in [6.45, 7) is 6.66. The summed E-state index contributed by atoms with van der Waals surface area (Å²) in [5.41, 5.74) is 0. The molecule has 0 saturated carbocycles. The number of halogens is 1. The van der Waals surface area contributed by atoms with Gasteiger partial charge in [-0.05, 0) is 18.8 Å². The molecule has 0 saturated heterocycles. The molecule has 0 radical (unpaired) electrons. The molecule has 0 heterocycles. The molecule has 1 heteroatoms. The first-order valence-corrected chi connectivity index (χ1v) is 4.74. The van der Waals surface area contributed by atoms with Gasteiger partial charge in [0.25, 0.3) is 0 Å². The fourth-order valence-corrected chi connectivity index (χ4v) is 1.11. The van der Waals surface area contributed by atoms with Gasteiger partial charge in [0.05, 0.1) is 0 Å². The van der Waals surface area contributed by atoms with Gasteiger partial charge < -0.3 is 0 Å². The first kappa shape index (κ1) is 10.3. The van der Waals surface area contributed by atoms with Crippen molar-refractivity contribution in [2.24, 2.45) is 5.92 Å². The van der Waals surface area contributed by atoms with Crippen LogP contribution in [0, 0.1) is 5.92 Å². The summed E-state index contributed by atoms with van der Waals surface area (Å²) in [5, 5.41) is 0.416. The topological polar surface area (TPSA) is 0 Å². The molecule has 0 aromatic carbocycles. The molecule has 1 atom stereocenters. The lowest BCUT2D eigenvalue weighted by molar-refractivity contribution is 0.527. The Morgan fingerprint density at radius 3 is 2.20 bits per heavy atom. The van der Waals surface area contributed by atoms with Gasteiger partial charge in [0.15, 0.2) is 0 Å². The van der Waals surface area contributed by atoms with Crippen molar-refractivity contribution < 1.29 is 0 Å². The highest BCUT2D eigenvalue weighted by Crippen LogP contribution is 2.13. The fourth-order valence-electron chi connectivity index (χ4n) is 0.952. The third-order valence-electron chi connectivity index (χ3n) is 1.74. The molecule has 0 spiro atoms. The Bertz CT molecular complexity index is 69.1. The molecule has 0 aliphatic heterocycles. The average Bonchev–Trinajstić information content (AvgIpc) is 1.87. The standard InChI is InChI=1S/C9H19Cl/c1-4-9(10)7-5-6-8(2)3/h8-9H,4-7H2,1-3H3. The molecule has 0 fully saturated rings. The van der Waals surface area contributed by atoms with E-state index in [2.05, 4.69) is 20.8 Å². The number of hydrogen-bond donors (Lipinski definition) is 0. The highest BCUT2D eigenvalue weighted by atomic mass is 35.5. The minimum atomic E-state index is 0.416. The maximum atomic E-state index is 5.95. The number of rotatable bonds is 5. The summed E-state index contributed by atoms with van der Waals surface area (Å²) in [7, 11) is 0. The molecule has 1 unspecified atom stereocenters. The predicted molar refractivity (Wildman–Crippen MR) is 48.6 cm³/mol. The van der Waals surface area contributed by atoms with Gasteiger partial charge in [0.1, 0.15) is 0 Å². The van der Waals surface area contributed by atoms with Crippen LogP contribution in [0.1, 0.15) is 46.5 Å². The second kappa shape index (κ2) is 6.03. The van der Waals surface area contributed by atoms with Gasteiger partial charge in [-0.15, -0.1) is 11.6 Å². The largest absolute Gasteiger partial charge is 0.123 e. The second-order valence-corrected chi connectivity index (χ2v) is 3.95. The van der Waals surface area contributed by atoms with Crippen LogP contribution in [-0.2, 0) is 0 Å². The monoisotopic (exact) mass is 162 g/mol. The van der Waals surface area contributed by atoms with E-state index < -0.39 is 0 Å². The smallest absolute Gasteiger partial charge is 0.0333 e. The third-order valence-corrected chi connectivity index (χ3v) is 2.27. The normalized spacial score (nSPS) is 14.1. The summed E-state index contributed by atoms with van der Waals surface area (Å²) in [6, 6.07) is 0. The molecule has 0 nitrogen and oxygen atoms in total. The van der Waals surface area contributed by atoms with E-state index >= 15 is 0 Å². The number of alkyl halides is 1. The van der Waals surface area contributed by atoms with Crippen LogP contribution in [0.25, 0.3) is 0 Å². The molecule has 0 bridgehead atoms. The van der Waals surface area contributed by atoms with E-state index in [0.29, 0.717) is 5.38 Å². The number of hydrogen-bond acceptors (Lipinski definition) is 0.